The smallest absolute Gasteiger partial charge is 0.0922 e. The van der Waals surface area contributed by atoms with Crippen molar-refractivity contribution in [2.75, 3.05) is 0 Å². The molecule has 1 heterocycles. The summed E-state index contributed by atoms with van der Waals surface area (Å²) >= 11 is 3.37. The second kappa shape index (κ2) is 4.50. The van der Waals surface area contributed by atoms with Gasteiger partial charge in [-0.15, -0.1) is 0 Å². The first-order chi connectivity index (χ1) is 9.95. The topological polar surface area (TPSA) is 25.8 Å². The lowest BCUT2D eigenvalue weighted by Gasteiger charge is -2.06. The summed E-state index contributed by atoms with van der Waals surface area (Å²) in [5.74, 6) is 0. The number of aromatic nitrogens is 2. The fourth-order valence-corrected chi connectivity index (χ4v) is 2.07. The number of fused-ring (bicyclic) bond motifs is 1. The summed E-state index contributed by atoms with van der Waals surface area (Å²) in [5, 5.41) is 0. The van der Waals surface area contributed by atoms with Gasteiger partial charge in [-0.2, -0.15) is 0 Å². The van der Waals surface area contributed by atoms with E-state index in [1.54, 1.807) is 6.07 Å². The molecule has 1 aromatic heterocycles. The summed E-state index contributed by atoms with van der Waals surface area (Å²) in [7, 11) is 0. The molecule has 0 aliphatic heterocycles. The van der Waals surface area contributed by atoms with Crippen molar-refractivity contribution in [3.63, 3.8) is 0 Å². The fraction of sp³-hybridized carbons (Fsp3) is 0.0667. The lowest BCUT2D eigenvalue weighted by Crippen LogP contribution is -1.93. The van der Waals surface area contributed by atoms with Gasteiger partial charge in [0.1, 0.15) is 0 Å². The molecular weight excluding hydrogens is 288 g/mol. The monoisotopic (exact) mass is 301 g/mol. The Morgan fingerprint density at radius 3 is 2.28 bits per heavy atom. The average molecular weight is 302 g/mol. The van der Waals surface area contributed by atoms with Crippen LogP contribution in [0.2, 0.25) is 0 Å². The van der Waals surface area contributed by atoms with Crippen LogP contribution < -0.4 is 0 Å². The van der Waals surface area contributed by atoms with Gasteiger partial charge in [-0.25, -0.2) is 9.97 Å². The molecule has 0 aliphatic carbocycles. The van der Waals surface area contributed by atoms with Gasteiger partial charge in [-0.1, -0.05) is 40.2 Å². The molecule has 0 radical (unpaired) electrons. The van der Waals surface area contributed by atoms with Crippen LogP contribution in [0, 0.1) is 6.85 Å². The van der Waals surface area contributed by atoms with Crippen molar-refractivity contribution in [2.24, 2.45) is 0 Å². The highest BCUT2D eigenvalue weighted by atomic mass is 79.9. The Balaban J connectivity index is 2.30. The van der Waals surface area contributed by atoms with Gasteiger partial charge in [0.15, 0.2) is 0 Å². The van der Waals surface area contributed by atoms with Crippen LogP contribution in [0.15, 0.2) is 53.0 Å². The lowest BCUT2D eigenvalue weighted by atomic mass is 10.1. The maximum absolute atomic E-state index is 7.70. The van der Waals surface area contributed by atoms with Crippen LogP contribution in [-0.2, 0) is 0 Å². The van der Waals surface area contributed by atoms with E-state index in [0.29, 0.717) is 16.7 Å². The maximum atomic E-state index is 7.70. The third-order valence-electron chi connectivity index (χ3n) is 2.69. The first-order valence-electron chi connectivity index (χ1n) is 6.98. The van der Waals surface area contributed by atoms with E-state index in [9.17, 15) is 0 Å². The normalized spacial score (nSPS) is 13.9. The predicted octanol–water partition coefficient (Wildman–Crippen LogP) is 4.37. The molecule has 3 aromatic rings. The molecule has 18 heavy (non-hydrogen) atoms. The number of aryl methyl sites for hydroxylation is 1. The van der Waals surface area contributed by atoms with Crippen LogP contribution in [-0.4, -0.2) is 9.97 Å². The molecule has 0 aliphatic rings. The van der Waals surface area contributed by atoms with Crippen LogP contribution in [0.4, 0.5) is 0 Å². The SMILES string of the molecule is [2H]C([2H])([2H])c1nc2ccccc2nc1-c1ccc(Br)cc1. The molecule has 88 valence electrons. The summed E-state index contributed by atoms with van der Waals surface area (Å²) in [5.41, 5.74) is 2.44. The van der Waals surface area contributed by atoms with Crippen LogP contribution >= 0.6 is 15.9 Å². The van der Waals surface area contributed by atoms with Gasteiger partial charge in [-0.3, -0.25) is 0 Å². The molecule has 0 saturated heterocycles. The molecule has 3 rings (SSSR count). The van der Waals surface area contributed by atoms with Crippen molar-refractivity contribution in [1.29, 1.82) is 0 Å². The fourth-order valence-electron chi connectivity index (χ4n) is 1.81. The summed E-state index contributed by atoms with van der Waals surface area (Å²) in [6.45, 7) is -2.31. The zero-order valence-electron chi connectivity index (χ0n) is 12.4. The zero-order chi connectivity index (χ0) is 15.0. The number of hydrogen-bond acceptors (Lipinski definition) is 2. The van der Waals surface area contributed by atoms with Crippen LogP contribution in [0.25, 0.3) is 22.3 Å². The summed E-state index contributed by atoms with van der Waals surface area (Å²) in [6, 6.07) is 14.6. The van der Waals surface area contributed by atoms with E-state index < -0.39 is 6.85 Å². The Morgan fingerprint density at radius 2 is 1.61 bits per heavy atom. The summed E-state index contributed by atoms with van der Waals surface area (Å²) < 4.78 is 24.0. The van der Waals surface area contributed by atoms with Gasteiger partial charge >= 0.3 is 0 Å². The summed E-state index contributed by atoms with van der Waals surface area (Å²) in [4.78, 5) is 8.81. The standard InChI is InChI=1S/C15H11BrN2/c1-10-15(11-6-8-12(16)9-7-11)18-14-5-3-2-4-13(14)17-10/h2-9H,1H3/i1D3. The van der Waals surface area contributed by atoms with E-state index in [2.05, 4.69) is 25.9 Å². The Kier molecular flexibility index (Phi) is 2.09. The zero-order valence-corrected chi connectivity index (χ0v) is 11.0. The molecule has 3 heteroatoms. The molecule has 2 aromatic carbocycles. The minimum atomic E-state index is -2.31. The summed E-state index contributed by atoms with van der Waals surface area (Å²) in [6.07, 6.45) is 0. The van der Waals surface area contributed by atoms with E-state index in [0.717, 1.165) is 10.0 Å². The van der Waals surface area contributed by atoms with Gasteiger partial charge in [0.2, 0.25) is 0 Å². The number of hydrogen-bond donors (Lipinski definition) is 0. The molecule has 0 saturated carbocycles. The van der Waals surface area contributed by atoms with Crippen molar-refractivity contribution in [3.05, 3.63) is 58.7 Å². The maximum Gasteiger partial charge on any atom is 0.0922 e. The molecular formula is C15H11BrN2. The first kappa shape index (κ1) is 8.38. The van der Waals surface area contributed by atoms with Crippen molar-refractivity contribution in [1.82, 2.24) is 9.97 Å². The highest BCUT2D eigenvalue weighted by Gasteiger charge is 2.06. The van der Waals surface area contributed by atoms with Crippen LogP contribution in [0.5, 0.6) is 0 Å². The quantitative estimate of drug-likeness (QED) is 0.667. The first-order valence-corrected chi connectivity index (χ1v) is 6.28. The van der Waals surface area contributed by atoms with Crippen LogP contribution in [0.1, 0.15) is 9.81 Å². The highest BCUT2D eigenvalue weighted by Crippen LogP contribution is 2.24. The second-order valence-electron chi connectivity index (χ2n) is 3.92. The van der Waals surface area contributed by atoms with E-state index in [1.807, 2.05) is 42.5 Å². The minimum absolute atomic E-state index is 0.0310. The number of halogens is 1. The van der Waals surface area contributed by atoms with Gasteiger partial charge in [0, 0.05) is 14.1 Å². The second-order valence-corrected chi connectivity index (χ2v) is 4.83. The Bertz CT molecular complexity index is 798. The number of nitrogens with zero attached hydrogens (tertiary/aromatic N) is 2. The molecule has 0 atom stereocenters. The predicted molar refractivity (Wildman–Crippen MR) is 77.4 cm³/mol. The van der Waals surface area contributed by atoms with Crippen molar-refractivity contribution >= 4 is 27.0 Å². The Hall–Kier alpha value is -1.74. The van der Waals surface area contributed by atoms with Gasteiger partial charge in [0.25, 0.3) is 0 Å². The average Bonchev–Trinajstić information content (AvgIpc) is 2.46. The highest BCUT2D eigenvalue weighted by molar-refractivity contribution is 9.10. The Morgan fingerprint density at radius 1 is 0.944 bits per heavy atom. The number of benzene rings is 2. The van der Waals surface area contributed by atoms with Crippen LogP contribution in [0.3, 0.4) is 0 Å². The number of rotatable bonds is 1. The van der Waals surface area contributed by atoms with E-state index in [1.165, 1.54) is 0 Å². The van der Waals surface area contributed by atoms with Crippen molar-refractivity contribution in [3.8, 4) is 11.3 Å². The largest absolute Gasteiger partial charge is 0.249 e. The van der Waals surface area contributed by atoms with Crippen molar-refractivity contribution < 1.29 is 4.11 Å². The van der Waals surface area contributed by atoms with E-state index in [-0.39, 0.29) is 5.69 Å². The third-order valence-corrected chi connectivity index (χ3v) is 3.22. The lowest BCUT2D eigenvalue weighted by molar-refractivity contribution is 1.19. The van der Waals surface area contributed by atoms with Gasteiger partial charge < -0.3 is 0 Å². The minimum Gasteiger partial charge on any atom is -0.249 e. The number of para-hydroxylation sites is 2. The van der Waals surface area contributed by atoms with Gasteiger partial charge in [-0.05, 0) is 31.1 Å². The molecule has 0 amide bonds. The molecule has 2 nitrogen and oxygen atoms in total. The van der Waals surface area contributed by atoms with E-state index in [4.69, 9.17) is 4.11 Å². The van der Waals surface area contributed by atoms with E-state index >= 15 is 0 Å². The molecule has 0 unspecified atom stereocenters. The molecule has 0 bridgehead atoms. The Labute approximate surface area is 118 Å². The molecule has 0 fully saturated rings. The van der Waals surface area contributed by atoms with Crippen molar-refractivity contribution in [2.45, 2.75) is 6.85 Å². The molecule has 0 N–H and O–H groups in total. The molecule has 0 spiro atoms. The van der Waals surface area contributed by atoms with Gasteiger partial charge in [0.05, 0.1) is 22.4 Å². The third kappa shape index (κ3) is 2.02.